The Morgan fingerprint density at radius 3 is 2.44 bits per heavy atom. The maximum atomic E-state index is 12.5. The molecule has 1 amide bonds. The molecule has 98 valence electrons. The first-order valence-electron chi connectivity index (χ1n) is 5.89. The first-order chi connectivity index (χ1) is 8.51. The van der Waals surface area contributed by atoms with Crippen LogP contribution < -0.4 is 0 Å². The van der Waals surface area contributed by atoms with Crippen molar-refractivity contribution >= 4 is 21.8 Å². The van der Waals surface area contributed by atoms with Gasteiger partial charge in [-0.3, -0.25) is 4.79 Å². The number of halogens is 1. The summed E-state index contributed by atoms with van der Waals surface area (Å²) in [6.45, 7) is 12.5. The van der Waals surface area contributed by atoms with E-state index in [1.807, 2.05) is 16.8 Å². The van der Waals surface area contributed by atoms with E-state index < -0.39 is 0 Å². The van der Waals surface area contributed by atoms with Gasteiger partial charge in [0.15, 0.2) is 0 Å². The minimum absolute atomic E-state index is 0.00537. The van der Waals surface area contributed by atoms with Crippen molar-refractivity contribution in [3.05, 3.63) is 47.7 Å². The number of rotatable bonds is 6. The van der Waals surface area contributed by atoms with Crippen molar-refractivity contribution in [2.24, 2.45) is 0 Å². The largest absolute Gasteiger partial charge is 0.340 e. The predicted octanol–water partition coefficient (Wildman–Crippen LogP) is 3.65. The molecule has 18 heavy (non-hydrogen) atoms. The predicted molar refractivity (Wildman–Crippen MR) is 78.8 cm³/mol. The lowest BCUT2D eigenvalue weighted by Crippen LogP contribution is -2.33. The maximum absolute atomic E-state index is 12.5. The maximum Gasteiger partial charge on any atom is 0.271 e. The summed E-state index contributed by atoms with van der Waals surface area (Å²) >= 11 is 3.41. The number of carbonyl (C=O) groups excluding carboxylic acids is 1. The Bertz CT molecular complexity index is 439. The van der Waals surface area contributed by atoms with Gasteiger partial charge in [0.05, 0.1) is 0 Å². The number of nitrogens with zero attached hydrogens (tertiary/aromatic N) is 2. The van der Waals surface area contributed by atoms with Crippen LogP contribution >= 0.6 is 15.9 Å². The highest BCUT2D eigenvalue weighted by atomic mass is 79.9. The van der Waals surface area contributed by atoms with Crippen LogP contribution in [0.1, 0.15) is 30.4 Å². The van der Waals surface area contributed by atoms with Gasteiger partial charge in [0.2, 0.25) is 0 Å². The first-order valence-corrected chi connectivity index (χ1v) is 6.69. The average Bonchev–Trinajstić information content (AvgIpc) is 2.70. The molecular formula is C14H19BrN2O. The topological polar surface area (TPSA) is 25.2 Å². The van der Waals surface area contributed by atoms with Gasteiger partial charge in [0.1, 0.15) is 5.69 Å². The third kappa shape index (κ3) is 3.35. The molecule has 0 aliphatic carbocycles. The van der Waals surface area contributed by atoms with E-state index in [1.165, 1.54) is 0 Å². The SMILES string of the molecule is C=CCN(CC=C)C(=O)c1cc(Br)cn1C(C)C. The zero-order valence-electron chi connectivity index (χ0n) is 10.9. The molecular weight excluding hydrogens is 292 g/mol. The van der Waals surface area contributed by atoms with Gasteiger partial charge in [-0.1, -0.05) is 12.2 Å². The van der Waals surface area contributed by atoms with E-state index in [1.54, 1.807) is 17.1 Å². The minimum Gasteiger partial charge on any atom is -0.340 e. The van der Waals surface area contributed by atoms with E-state index in [9.17, 15) is 4.79 Å². The Balaban J connectivity index is 3.07. The molecule has 0 spiro atoms. The van der Waals surface area contributed by atoms with Crippen LogP contribution in [0.25, 0.3) is 0 Å². The summed E-state index contributed by atoms with van der Waals surface area (Å²) in [4.78, 5) is 14.2. The third-order valence-electron chi connectivity index (χ3n) is 2.58. The van der Waals surface area contributed by atoms with Gasteiger partial charge in [-0.25, -0.2) is 0 Å². The van der Waals surface area contributed by atoms with Crippen molar-refractivity contribution in [3.8, 4) is 0 Å². The van der Waals surface area contributed by atoms with Crippen molar-refractivity contribution < 1.29 is 4.79 Å². The van der Waals surface area contributed by atoms with Gasteiger partial charge in [0.25, 0.3) is 5.91 Å². The summed E-state index contributed by atoms with van der Waals surface area (Å²) < 4.78 is 2.88. The van der Waals surface area contributed by atoms with E-state index in [0.717, 1.165) is 4.47 Å². The molecule has 4 heteroatoms. The zero-order chi connectivity index (χ0) is 13.7. The average molecular weight is 311 g/mol. The lowest BCUT2D eigenvalue weighted by Gasteiger charge is -2.21. The van der Waals surface area contributed by atoms with Crippen LogP contribution in [0.3, 0.4) is 0 Å². The molecule has 0 saturated heterocycles. The molecule has 0 fully saturated rings. The van der Waals surface area contributed by atoms with E-state index in [4.69, 9.17) is 0 Å². The van der Waals surface area contributed by atoms with Crippen LogP contribution in [0.2, 0.25) is 0 Å². The second kappa shape index (κ2) is 6.59. The highest BCUT2D eigenvalue weighted by molar-refractivity contribution is 9.10. The van der Waals surface area contributed by atoms with Crippen LogP contribution in [0.5, 0.6) is 0 Å². The van der Waals surface area contributed by atoms with Crippen molar-refractivity contribution in [1.29, 1.82) is 0 Å². The fourth-order valence-electron chi connectivity index (χ4n) is 1.76. The van der Waals surface area contributed by atoms with E-state index >= 15 is 0 Å². The Morgan fingerprint density at radius 1 is 1.44 bits per heavy atom. The fourth-order valence-corrected chi connectivity index (χ4v) is 2.20. The van der Waals surface area contributed by atoms with Gasteiger partial charge >= 0.3 is 0 Å². The monoisotopic (exact) mass is 310 g/mol. The highest BCUT2D eigenvalue weighted by Crippen LogP contribution is 2.20. The molecule has 0 N–H and O–H groups in total. The summed E-state index contributed by atoms with van der Waals surface area (Å²) in [6.07, 6.45) is 5.37. The molecule has 0 bridgehead atoms. The van der Waals surface area contributed by atoms with Crippen molar-refractivity contribution in [2.75, 3.05) is 13.1 Å². The zero-order valence-corrected chi connectivity index (χ0v) is 12.5. The quantitative estimate of drug-likeness (QED) is 0.736. The van der Waals surface area contributed by atoms with Crippen LogP contribution in [-0.2, 0) is 0 Å². The molecule has 0 aliphatic rings. The van der Waals surface area contributed by atoms with Crippen LogP contribution in [0, 0.1) is 0 Å². The number of hydrogen-bond donors (Lipinski definition) is 0. The standard InChI is InChI=1S/C14H19BrN2O/c1-5-7-16(8-6-2)14(18)13-9-12(15)10-17(13)11(3)4/h5-6,9-11H,1-2,7-8H2,3-4H3. The number of aromatic nitrogens is 1. The lowest BCUT2D eigenvalue weighted by molar-refractivity contribution is 0.0778. The van der Waals surface area contributed by atoms with Crippen molar-refractivity contribution in [2.45, 2.75) is 19.9 Å². The number of carbonyl (C=O) groups is 1. The smallest absolute Gasteiger partial charge is 0.271 e. The molecule has 1 rings (SSSR count). The Labute approximate surface area is 117 Å². The number of hydrogen-bond acceptors (Lipinski definition) is 1. The summed E-state index contributed by atoms with van der Waals surface area (Å²) in [7, 11) is 0. The molecule has 0 atom stereocenters. The summed E-state index contributed by atoms with van der Waals surface area (Å²) in [6, 6.07) is 2.09. The van der Waals surface area contributed by atoms with Crippen LogP contribution in [0.15, 0.2) is 42.0 Å². The number of amides is 1. The van der Waals surface area contributed by atoms with Gasteiger partial charge in [0, 0.05) is 29.8 Å². The second-order valence-electron chi connectivity index (χ2n) is 4.33. The molecule has 1 aromatic heterocycles. The Kier molecular flexibility index (Phi) is 5.41. The first kappa shape index (κ1) is 14.8. The van der Waals surface area contributed by atoms with Gasteiger partial charge in [-0.05, 0) is 35.8 Å². The molecule has 0 radical (unpaired) electrons. The second-order valence-corrected chi connectivity index (χ2v) is 5.25. The van der Waals surface area contributed by atoms with E-state index in [0.29, 0.717) is 18.8 Å². The summed E-state index contributed by atoms with van der Waals surface area (Å²) in [5.74, 6) is -0.00537. The summed E-state index contributed by atoms with van der Waals surface area (Å²) in [5, 5.41) is 0. The van der Waals surface area contributed by atoms with Crippen molar-refractivity contribution in [3.63, 3.8) is 0 Å². The third-order valence-corrected chi connectivity index (χ3v) is 3.01. The van der Waals surface area contributed by atoms with E-state index in [2.05, 4.69) is 42.9 Å². The summed E-state index contributed by atoms with van der Waals surface area (Å²) in [5.41, 5.74) is 0.681. The Morgan fingerprint density at radius 2 is 2.00 bits per heavy atom. The molecule has 3 nitrogen and oxygen atoms in total. The normalized spacial score (nSPS) is 10.4. The lowest BCUT2D eigenvalue weighted by atomic mass is 10.3. The Hall–Kier alpha value is -1.29. The highest BCUT2D eigenvalue weighted by Gasteiger charge is 2.19. The molecule has 0 aromatic carbocycles. The molecule has 0 saturated carbocycles. The minimum atomic E-state index is -0.00537. The van der Waals surface area contributed by atoms with Gasteiger partial charge in [-0.2, -0.15) is 0 Å². The van der Waals surface area contributed by atoms with Crippen LogP contribution in [-0.4, -0.2) is 28.5 Å². The molecule has 0 aliphatic heterocycles. The van der Waals surface area contributed by atoms with Gasteiger partial charge in [-0.15, -0.1) is 13.2 Å². The van der Waals surface area contributed by atoms with Gasteiger partial charge < -0.3 is 9.47 Å². The molecule has 0 unspecified atom stereocenters. The fraction of sp³-hybridized carbons (Fsp3) is 0.357. The molecule has 1 heterocycles. The van der Waals surface area contributed by atoms with Crippen LogP contribution in [0.4, 0.5) is 0 Å². The van der Waals surface area contributed by atoms with Crippen molar-refractivity contribution in [1.82, 2.24) is 9.47 Å². The van der Waals surface area contributed by atoms with E-state index in [-0.39, 0.29) is 11.9 Å². The molecule has 1 aromatic rings.